The molecule has 0 spiro atoms. The van der Waals surface area contributed by atoms with Crippen molar-refractivity contribution < 1.29 is 14.3 Å². The number of hydrogen-bond donors (Lipinski definition) is 2. The van der Waals surface area contributed by atoms with Crippen LogP contribution in [0.2, 0.25) is 5.02 Å². The van der Waals surface area contributed by atoms with Gasteiger partial charge in [0.1, 0.15) is 6.61 Å². The van der Waals surface area contributed by atoms with Crippen LogP contribution in [0.25, 0.3) is 0 Å². The predicted octanol–water partition coefficient (Wildman–Crippen LogP) is 1.28. The predicted molar refractivity (Wildman–Crippen MR) is 65.3 cm³/mol. The minimum absolute atomic E-state index is 0.0689. The van der Waals surface area contributed by atoms with Crippen LogP contribution in [0.5, 0.6) is 0 Å². The molecule has 92 valence electrons. The fourth-order valence-electron chi connectivity index (χ4n) is 1.22. The molecule has 1 aromatic rings. The van der Waals surface area contributed by atoms with E-state index in [1.807, 2.05) is 0 Å². The van der Waals surface area contributed by atoms with Gasteiger partial charge in [-0.15, -0.1) is 0 Å². The second kappa shape index (κ2) is 6.22. The van der Waals surface area contributed by atoms with Crippen LogP contribution in [0.3, 0.4) is 0 Å². The molecule has 0 aliphatic carbocycles. The van der Waals surface area contributed by atoms with Crippen molar-refractivity contribution in [2.75, 3.05) is 26.1 Å². The lowest BCUT2D eigenvalue weighted by molar-refractivity contribution is -0.119. The number of benzene rings is 1. The Morgan fingerprint density at radius 2 is 2.12 bits per heavy atom. The molecule has 0 unspecified atom stereocenters. The van der Waals surface area contributed by atoms with Crippen LogP contribution in [0.15, 0.2) is 18.2 Å². The third-order valence-corrected chi connectivity index (χ3v) is 2.33. The average molecular weight is 257 g/mol. The van der Waals surface area contributed by atoms with Crippen LogP contribution < -0.4 is 10.6 Å². The molecule has 5 nitrogen and oxygen atoms in total. The number of carbonyl (C=O) groups excluding carboxylic acids is 2. The lowest BCUT2D eigenvalue weighted by Crippen LogP contribution is -2.20. The quantitative estimate of drug-likeness (QED) is 0.853. The molecular formula is C11H13ClN2O3. The molecule has 0 aliphatic heterocycles. The number of rotatable bonds is 4. The summed E-state index contributed by atoms with van der Waals surface area (Å²) in [6, 6.07) is 4.64. The maximum absolute atomic E-state index is 11.4. The Morgan fingerprint density at radius 1 is 1.41 bits per heavy atom. The Morgan fingerprint density at radius 3 is 2.71 bits per heavy atom. The Labute approximate surface area is 104 Å². The summed E-state index contributed by atoms with van der Waals surface area (Å²) in [5.74, 6) is -0.577. The fourth-order valence-corrected chi connectivity index (χ4v) is 1.39. The molecule has 0 bridgehead atoms. The van der Waals surface area contributed by atoms with Crippen LogP contribution in [0.4, 0.5) is 5.69 Å². The van der Waals surface area contributed by atoms with E-state index in [-0.39, 0.29) is 18.4 Å². The van der Waals surface area contributed by atoms with E-state index in [2.05, 4.69) is 15.4 Å². The highest BCUT2D eigenvalue weighted by atomic mass is 35.5. The number of anilines is 1. The normalized spacial score (nSPS) is 9.82. The molecule has 6 heteroatoms. The van der Waals surface area contributed by atoms with Gasteiger partial charge < -0.3 is 15.4 Å². The average Bonchev–Trinajstić information content (AvgIpc) is 2.31. The number of hydrogen-bond acceptors (Lipinski definition) is 3. The van der Waals surface area contributed by atoms with Gasteiger partial charge >= 0.3 is 0 Å². The van der Waals surface area contributed by atoms with Crippen LogP contribution in [-0.4, -0.2) is 32.6 Å². The zero-order valence-corrected chi connectivity index (χ0v) is 10.3. The van der Waals surface area contributed by atoms with Crippen molar-refractivity contribution in [3.63, 3.8) is 0 Å². The van der Waals surface area contributed by atoms with E-state index in [1.165, 1.54) is 20.2 Å². The zero-order chi connectivity index (χ0) is 12.8. The highest BCUT2D eigenvalue weighted by Crippen LogP contribution is 2.22. The number of halogens is 1. The van der Waals surface area contributed by atoms with E-state index in [9.17, 15) is 9.59 Å². The first-order valence-electron chi connectivity index (χ1n) is 4.89. The third kappa shape index (κ3) is 3.72. The molecule has 0 atom stereocenters. The highest BCUT2D eigenvalue weighted by Gasteiger charge is 2.09. The molecule has 2 N–H and O–H groups in total. The second-order valence-electron chi connectivity index (χ2n) is 3.25. The van der Waals surface area contributed by atoms with Crippen LogP contribution >= 0.6 is 11.6 Å². The Hall–Kier alpha value is -1.59. The van der Waals surface area contributed by atoms with Crippen molar-refractivity contribution in [2.45, 2.75) is 0 Å². The molecule has 0 heterocycles. The van der Waals surface area contributed by atoms with Gasteiger partial charge in [0.15, 0.2) is 0 Å². The first-order valence-corrected chi connectivity index (χ1v) is 5.26. The van der Waals surface area contributed by atoms with Gasteiger partial charge in [0.2, 0.25) is 5.91 Å². The number of carbonyl (C=O) groups is 2. The van der Waals surface area contributed by atoms with Gasteiger partial charge in [-0.25, -0.2) is 0 Å². The highest BCUT2D eigenvalue weighted by molar-refractivity contribution is 6.33. The number of ether oxygens (including phenoxy) is 1. The standard InChI is InChI=1S/C11H13ClN2O3/c1-13-11(16)7-3-4-8(12)9(5-7)14-10(15)6-17-2/h3-5H,6H2,1-2H3,(H,13,16)(H,14,15). The van der Waals surface area contributed by atoms with E-state index >= 15 is 0 Å². The molecule has 17 heavy (non-hydrogen) atoms. The lowest BCUT2D eigenvalue weighted by atomic mass is 10.2. The van der Waals surface area contributed by atoms with E-state index < -0.39 is 0 Å². The van der Waals surface area contributed by atoms with Gasteiger partial charge in [0, 0.05) is 19.7 Å². The number of amides is 2. The first-order chi connectivity index (χ1) is 8.08. The maximum Gasteiger partial charge on any atom is 0.251 e. The minimum atomic E-state index is -0.330. The fraction of sp³-hybridized carbons (Fsp3) is 0.273. The Balaban J connectivity index is 2.90. The molecule has 0 radical (unpaired) electrons. The van der Waals surface area contributed by atoms with E-state index in [4.69, 9.17) is 11.6 Å². The monoisotopic (exact) mass is 256 g/mol. The van der Waals surface area contributed by atoms with Crippen molar-refractivity contribution in [3.05, 3.63) is 28.8 Å². The summed E-state index contributed by atoms with van der Waals surface area (Å²) >= 11 is 5.90. The Bertz CT molecular complexity index is 435. The summed E-state index contributed by atoms with van der Waals surface area (Å²) in [6.07, 6.45) is 0. The topological polar surface area (TPSA) is 67.4 Å². The summed E-state index contributed by atoms with van der Waals surface area (Å²) in [6.45, 7) is -0.0689. The smallest absolute Gasteiger partial charge is 0.251 e. The van der Waals surface area contributed by atoms with Gasteiger partial charge in [-0.2, -0.15) is 0 Å². The molecule has 1 rings (SSSR count). The number of methoxy groups -OCH3 is 1. The van der Waals surface area contributed by atoms with Crippen molar-refractivity contribution in [1.82, 2.24) is 5.32 Å². The van der Waals surface area contributed by atoms with Gasteiger partial charge in [-0.05, 0) is 18.2 Å². The first kappa shape index (κ1) is 13.5. The summed E-state index contributed by atoms with van der Waals surface area (Å²) in [4.78, 5) is 22.7. The molecular weight excluding hydrogens is 244 g/mol. The molecule has 1 aromatic carbocycles. The van der Waals surface area contributed by atoms with E-state index in [0.29, 0.717) is 16.3 Å². The van der Waals surface area contributed by atoms with Crippen molar-refractivity contribution in [3.8, 4) is 0 Å². The van der Waals surface area contributed by atoms with Crippen LogP contribution in [0, 0.1) is 0 Å². The minimum Gasteiger partial charge on any atom is -0.375 e. The Kier molecular flexibility index (Phi) is 4.93. The van der Waals surface area contributed by atoms with Gasteiger partial charge in [0.05, 0.1) is 10.7 Å². The molecule has 2 amide bonds. The molecule has 0 aliphatic rings. The van der Waals surface area contributed by atoms with Gasteiger partial charge in [-0.3, -0.25) is 9.59 Å². The van der Waals surface area contributed by atoms with Crippen LogP contribution in [0.1, 0.15) is 10.4 Å². The zero-order valence-electron chi connectivity index (χ0n) is 9.54. The summed E-state index contributed by atoms with van der Waals surface area (Å²) in [5.41, 5.74) is 0.805. The van der Waals surface area contributed by atoms with Crippen molar-refractivity contribution in [2.24, 2.45) is 0 Å². The third-order valence-electron chi connectivity index (χ3n) is 2.01. The second-order valence-corrected chi connectivity index (χ2v) is 3.66. The number of nitrogens with one attached hydrogen (secondary N) is 2. The molecule has 0 saturated carbocycles. The summed E-state index contributed by atoms with van der Waals surface area (Å²) < 4.78 is 4.68. The largest absolute Gasteiger partial charge is 0.375 e. The van der Waals surface area contributed by atoms with Crippen molar-refractivity contribution in [1.29, 1.82) is 0 Å². The summed E-state index contributed by atoms with van der Waals surface area (Å²) in [7, 11) is 2.95. The van der Waals surface area contributed by atoms with E-state index in [0.717, 1.165) is 0 Å². The molecule has 0 fully saturated rings. The lowest BCUT2D eigenvalue weighted by Gasteiger charge is -2.08. The molecule has 0 saturated heterocycles. The van der Waals surface area contributed by atoms with E-state index in [1.54, 1.807) is 12.1 Å². The van der Waals surface area contributed by atoms with Crippen molar-refractivity contribution >= 4 is 29.1 Å². The van der Waals surface area contributed by atoms with Gasteiger partial charge in [0.25, 0.3) is 5.91 Å². The SMILES string of the molecule is CNC(=O)c1ccc(Cl)c(NC(=O)COC)c1. The van der Waals surface area contributed by atoms with Gasteiger partial charge in [-0.1, -0.05) is 11.6 Å². The van der Waals surface area contributed by atoms with Crippen LogP contribution in [-0.2, 0) is 9.53 Å². The molecule has 0 aromatic heterocycles. The summed E-state index contributed by atoms with van der Waals surface area (Å²) in [5, 5.41) is 5.40. The maximum atomic E-state index is 11.4.